The molecule has 0 bridgehead atoms. The molecule has 0 spiro atoms. The van der Waals surface area contributed by atoms with Crippen LogP contribution < -0.4 is 0 Å². The highest BCUT2D eigenvalue weighted by Gasteiger charge is 2.30. The molecule has 0 nitrogen and oxygen atoms in total. The smallest absolute Gasteiger partial charge is 0.000740 e. The van der Waals surface area contributed by atoms with E-state index >= 15 is 0 Å². The lowest BCUT2D eigenvalue weighted by Gasteiger charge is -2.14. The van der Waals surface area contributed by atoms with Gasteiger partial charge in [0.25, 0.3) is 0 Å². The van der Waals surface area contributed by atoms with Crippen LogP contribution in [0.4, 0.5) is 0 Å². The van der Waals surface area contributed by atoms with Gasteiger partial charge in [-0.25, -0.2) is 0 Å². The van der Waals surface area contributed by atoms with E-state index in [0.717, 1.165) is 0 Å². The van der Waals surface area contributed by atoms with Gasteiger partial charge in [0.15, 0.2) is 0 Å². The molecule has 0 heteroatoms. The quantitative estimate of drug-likeness (QED) is 0.220. The van der Waals surface area contributed by atoms with Crippen molar-refractivity contribution in [2.45, 2.75) is 0 Å². The molecule has 182 valence electrons. The van der Waals surface area contributed by atoms with Gasteiger partial charge < -0.3 is 0 Å². The second-order valence-corrected chi connectivity index (χ2v) is 11.2. The Morgan fingerprint density at radius 2 is 0.475 bits per heavy atom. The van der Waals surface area contributed by atoms with Gasteiger partial charge in [-0.3, -0.25) is 0 Å². The zero-order chi connectivity index (χ0) is 25.9. The van der Waals surface area contributed by atoms with E-state index in [9.17, 15) is 0 Å². The van der Waals surface area contributed by atoms with Crippen LogP contribution in [0.3, 0.4) is 0 Å². The molecule has 0 fully saturated rings. The number of hydrogen-bond donors (Lipinski definition) is 0. The lowest BCUT2D eigenvalue weighted by Crippen LogP contribution is -1.86. The summed E-state index contributed by atoms with van der Waals surface area (Å²) >= 11 is 0. The van der Waals surface area contributed by atoms with Crippen LogP contribution in [-0.2, 0) is 0 Å². The van der Waals surface area contributed by atoms with E-state index in [1.165, 1.54) is 98.0 Å². The highest BCUT2D eigenvalue weighted by molar-refractivity contribution is 6.38. The standard InChI is InChI=1S/C40H22/c1-3-11-23(12-4-1)37-33-19-29-25-15-7-9-17-27(25)31(29)21-35(33)40-38(24-13-5-2-6-14-24)34-20-30-26-16-8-10-18-28(26)32(30)22-36(34)39(37)40/h1-22H. The Bertz CT molecular complexity index is 2320. The average Bonchev–Trinajstić information content (AvgIpc) is 3.50. The first-order valence-corrected chi connectivity index (χ1v) is 14.0. The fraction of sp³-hybridized carbons (Fsp3) is 0. The van der Waals surface area contributed by atoms with Gasteiger partial charge in [-0.2, -0.15) is 0 Å². The van der Waals surface area contributed by atoms with Crippen molar-refractivity contribution < 1.29 is 0 Å². The molecule has 0 aromatic heterocycles. The zero-order valence-electron chi connectivity index (χ0n) is 21.7. The predicted molar refractivity (Wildman–Crippen MR) is 173 cm³/mol. The summed E-state index contributed by atoms with van der Waals surface area (Å²) in [4.78, 5) is 0. The van der Waals surface area contributed by atoms with Gasteiger partial charge in [-0.05, 0) is 122 Å². The molecule has 0 amide bonds. The lowest BCUT2D eigenvalue weighted by molar-refractivity contribution is 1.68. The normalized spacial score (nSPS) is 12.5. The molecule has 0 saturated carbocycles. The summed E-state index contributed by atoms with van der Waals surface area (Å²) in [6, 6.07) is 49.6. The van der Waals surface area contributed by atoms with E-state index in [1.54, 1.807) is 0 Å². The second-order valence-electron chi connectivity index (χ2n) is 11.2. The van der Waals surface area contributed by atoms with Crippen molar-refractivity contribution in [1.29, 1.82) is 0 Å². The number of hydrogen-bond acceptors (Lipinski definition) is 0. The van der Waals surface area contributed by atoms with Crippen LogP contribution in [0.25, 0.3) is 98.0 Å². The largest absolute Gasteiger partial charge is 0.0622 e. The minimum atomic E-state index is 1.28. The van der Waals surface area contributed by atoms with Crippen molar-refractivity contribution >= 4 is 64.6 Å². The summed E-state index contributed by atoms with van der Waals surface area (Å²) in [5.41, 5.74) is 8.05. The lowest BCUT2D eigenvalue weighted by atomic mass is 9.89. The zero-order valence-corrected chi connectivity index (χ0v) is 21.7. The maximum atomic E-state index is 2.48. The second kappa shape index (κ2) is 7.25. The summed E-state index contributed by atoms with van der Waals surface area (Å²) in [5.74, 6) is 0. The first-order chi connectivity index (χ1) is 19.9. The Hall–Kier alpha value is -5.20. The fourth-order valence-corrected chi connectivity index (χ4v) is 7.57. The number of benzene rings is 6. The van der Waals surface area contributed by atoms with Crippen LogP contribution in [0, 0.1) is 0 Å². The predicted octanol–water partition coefficient (Wildman–Crippen LogP) is 11.4. The van der Waals surface area contributed by atoms with Crippen LogP contribution in [0.2, 0.25) is 0 Å². The molecule has 10 rings (SSSR count). The van der Waals surface area contributed by atoms with Crippen LogP contribution in [0.15, 0.2) is 133 Å². The van der Waals surface area contributed by atoms with E-state index in [1.807, 2.05) is 0 Å². The van der Waals surface area contributed by atoms with Crippen molar-refractivity contribution in [3.63, 3.8) is 0 Å². The third kappa shape index (κ3) is 2.43. The highest BCUT2D eigenvalue weighted by Crippen LogP contribution is 2.58. The summed E-state index contributed by atoms with van der Waals surface area (Å²) in [5, 5.41) is 16.4. The number of rotatable bonds is 2. The highest BCUT2D eigenvalue weighted by atomic mass is 14.3. The third-order valence-corrected chi connectivity index (χ3v) is 9.28. The summed E-state index contributed by atoms with van der Waals surface area (Å²) in [7, 11) is 0. The fourth-order valence-electron chi connectivity index (χ4n) is 7.57. The Kier molecular flexibility index (Phi) is 3.76. The molecule has 0 N–H and O–H groups in total. The van der Waals surface area contributed by atoms with Gasteiger partial charge in [0, 0.05) is 0 Å². The van der Waals surface area contributed by atoms with Crippen molar-refractivity contribution in [1.82, 2.24) is 0 Å². The molecule has 8 aromatic rings. The molecular weight excluding hydrogens is 480 g/mol. The van der Waals surface area contributed by atoms with E-state index in [-0.39, 0.29) is 0 Å². The Morgan fingerprint density at radius 1 is 0.200 bits per heavy atom. The minimum absolute atomic E-state index is 1.28. The van der Waals surface area contributed by atoms with Gasteiger partial charge in [0.2, 0.25) is 0 Å². The molecule has 0 unspecified atom stereocenters. The molecule has 0 radical (unpaired) electrons. The van der Waals surface area contributed by atoms with Gasteiger partial charge in [-0.15, -0.1) is 0 Å². The van der Waals surface area contributed by atoms with Crippen molar-refractivity contribution in [2.75, 3.05) is 0 Å². The van der Waals surface area contributed by atoms with E-state index in [4.69, 9.17) is 0 Å². The van der Waals surface area contributed by atoms with Crippen molar-refractivity contribution in [3.05, 3.63) is 133 Å². The van der Waals surface area contributed by atoms with Gasteiger partial charge >= 0.3 is 0 Å². The van der Waals surface area contributed by atoms with Gasteiger partial charge in [0.1, 0.15) is 0 Å². The molecule has 8 aromatic carbocycles. The maximum Gasteiger partial charge on any atom is -0.000740 e. The Balaban J connectivity index is 1.47. The van der Waals surface area contributed by atoms with Gasteiger partial charge in [-0.1, -0.05) is 109 Å². The van der Waals surface area contributed by atoms with Crippen LogP contribution >= 0.6 is 0 Å². The monoisotopic (exact) mass is 502 g/mol. The molecule has 2 aliphatic carbocycles. The van der Waals surface area contributed by atoms with Crippen LogP contribution in [0.1, 0.15) is 0 Å². The molecular formula is C40H22. The third-order valence-electron chi connectivity index (χ3n) is 9.28. The Morgan fingerprint density at radius 3 is 0.800 bits per heavy atom. The SMILES string of the molecule is c1ccc(-c2c3c4cc5c6ccccc6c5cc4c(-c4ccccc4)c-3c3cc4c5ccccc5c4cc23)cc1. The summed E-state index contributed by atoms with van der Waals surface area (Å²) in [6.07, 6.45) is 0. The first-order valence-electron chi connectivity index (χ1n) is 14.0. The van der Waals surface area contributed by atoms with E-state index in [2.05, 4.69) is 133 Å². The molecule has 0 atom stereocenters. The number of fused-ring (bicyclic) bond motifs is 13. The average molecular weight is 503 g/mol. The Labute approximate surface area is 231 Å². The molecule has 2 aliphatic rings. The molecule has 0 aliphatic heterocycles. The summed E-state index contributed by atoms with van der Waals surface area (Å²) in [6.45, 7) is 0. The summed E-state index contributed by atoms with van der Waals surface area (Å²) < 4.78 is 0. The van der Waals surface area contributed by atoms with E-state index in [0.29, 0.717) is 0 Å². The first kappa shape index (κ1) is 20.7. The van der Waals surface area contributed by atoms with Crippen molar-refractivity contribution in [3.8, 4) is 33.4 Å². The maximum absolute atomic E-state index is 2.48. The van der Waals surface area contributed by atoms with Crippen LogP contribution in [0.5, 0.6) is 0 Å². The minimum Gasteiger partial charge on any atom is -0.0622 e. The van der Waals surface area contributed by atoms with E-state index < -0.39 is 0 Å². The topological polar surface area (TPSA) is 0 Å². The van der Waals surface area contributed by atoms with Crippen LogP contribution in [-0.4, -0.2) is 0 Å². The molecule has 0 heterocycles. The molecule has 40 heavy (non-hydrogen) atoms. The molecule has 0 saturated heterocycles. The van der Waals surface area contributed by atoms with Crippen molar-refractivity contribution in [2.24, 2.45) is 0 Å². The van der Waals surface area contributed by atoms with Gasteiger partial charge in [0.05, 0.1) is 0 Å².